The number of nitrogens with zero attached hydrogens (tertiary/aromatic N) is 1. The van der Waals surface area contributed by atoms with Gasteiger partial charge in [-0.15, -0.1) is 11.3 Å². The first-order valence-corrected chi connectivity index (χ1v) is 5.39. The summed E-state index contributed by atoms with van der Waals surface area (Å²) in [5, 5.41) is 1.73. The number of aromatic nitrogens is 1. The van der Waals surface area contributed by atoms with E-state index in [0.717, 1.165) is 27.0 Å². The summed E-state index contributed by atoms with van der Waals surface area (Å²) in [6.07, 6.45) is 0. The third-order valence-electron chi connectivity index (χ3n) is 2.10. The summed E-state index contributed by atoms with van der Waals surface area (Å²) >= 11 is 1.50. The lowest BCUT2D eigenvalue weighted by molar-refractivity contribution is 0.415. The lowest BCUT2D eigenvalue weighted by Crippen LogP contribution is -1.87. The van der Waals surface area contributed by atoms with Crippen molar-refractivity contribution in [3.63, 3.8) is 0 Å². The Bertz CT molecular complexity index is 479. The van der Waals surface area contributed by atoms with E-state index in [0.29, 0.717) is 0 Å². The topological polar surface area (TPSA) is 48.1 Å². The molecule has 2 N–H and O–H groups in total. The largest absolute Gasteiger partial charge is 0.497 e. The van der Waals surface area contributed by atoms with Gasteiger partial charge in [0.25, 0.3) is 0 Å². The van der Waals surface area contributed by atoms with Crippen LogP contribution in [0.4, 0.5) is 5.00 Å². The Morgan fingerprint density at radius 3 is 2.80 bits per heavy atom. The molecule has 0 fully saturated rings. The molecule has 0 saturated heterocycles. The second-order valence-corrected chi connectivity index (χ2v) is 4.41. The smallest absolute Gasteiger partial charge is 0.119 e. The minimum absolute atomic E-state index is 0.751. The Morgan fingerprint density at radius 2 is 2.20 bits per heavy atom. The molecule has 1 aromatic heterocycles. The number of methoxy groups -OCH3 is 1. The first kappa shape index (κ1) is 9.98. The van der Waals surface area contributed by atoms with Crippen LogP contribution in [0.5, 0.6) is 5.75 Å². The lowest BCUT2D eigenvalue weighted by atomic mass is 10.1. The van der Waals surface area contributed by atoms with Gasteiger partial charge in [0.1, 0.15) is 16.4 Å². The van der Waals surface area contributed by atoms with Gasteiger partial charge in [0.05, 0.1) is 12.1 Å². The van der Waals surface area contributed by atoms with Crippen molar-refractivity contribution in [2.45, 2.75) is 6.92 Å². The number of nitrogens with two attached hydrogens (primary N) is 1. The second-order valence-electron chi connectivity index (χ2n) is 3.18. The van der Waals surface area contributed by atoms with Crippen LogP contribution >= 0.6 is 11.3 Å². The summed E-state index contributed by atoms with van der Waals surface area (Å²) in [5.41, 5.74) is 7.72. The van der Waals surface area contributed by atoms with E-state index < -0.39 is 0 Å². The molecule has 0 atom stereocenters. The van der Waals surface area contributed by atoms with Crippen LogP contribution in [0.15, 0.2) is 24.3 Å². The van der Waals surface area contributed by atoms with E-state index in [-0.39, 0.29) is 0 Å². The van der Waals surface area contributed by atoms with Gasteiger partial charge < -0.3 is 10.5 Å². The summed E-state index contributed by atoms with van der Waals surface area (Å²) in [4.78, 5) is 4.39. The Labute approximate surface area is 92.5 Å². The standard InChI is InChI=1S/C11H12N2OS/c1-7-13-10(11(12)15-7)8-4-3-5-9(6-8)14-2/h3-6H,12H2,1-2H3. The molecule has 0 amide bonds. The summed E-state index contributed by atoms with van der Waals surface area (Å²) in [5.74, 6) is 0.817. The zero-order valence-electron chi connectivity index (χ0n) is 8.65. The fraction of sp³-hybridized carbons (Fsp3) is 0.182. The van der Waals surface area contributed by atoms with E-state index in [1.165, 1.54) is 11.3 Å². The maximum atomic E-state index is 5.88. The van der Waals surface area contributed by atoms with Crippen molar-refractivity contribution in [1.82, 2.24) is 4.98 Å². The van der Waals surface area contributed by atoms with Crippen molar-refractivity contribution in [1.29, 1.82) is 0 Å². The van der Waals surface area contributed by atoms with Gasteiger partial charge in [0, 0.05) is 5.56 Å². The molecule has 0 bridgehead atoms. The zero-order chi connectivity index (χ0) is 10.8. The minimum Gasteiger partial charge on any atom is -0.497 e. The Kier molecular flexibility index (Phi) is 2.60. The van der Waals surface area contributed by atoms with E-state index in [9.17, 15) is 0 Å². The molecule has 15 heavy (non-hydrogen) atoms. The fourth-order valence-electron chi connectivity index (χ4n) is 1.42. The number of nitrogen functional groups attached to an aromatic ring is 1. The van der Waals surface area contributed by atoms with Crippen molar-refractivity contribution in [3.8, 4) is 17.0 Å². The van der Waals surface area contributed by atoms with Crippen LogP contribution in [0.2, 0.25) is 0 Å². The number of anilines is 1. The lowest BCUT2D eigenvalue weighted by Gasteiger charge is -2.02. The van der Waals surface area contributed by atoms with Crippen molar-refractivity contribution < 1.29 is 4.74 Å². The molecule has 0 aliphatic rings. The molecule has 0 radical (unpaired) electrons. The molecule has 4 heteroatoms. The van der Waals surface area contributed by atoms with Crippen LogP contribution in [0, 0.1) is 6.92 Å². The molecule has 0 aliphatic heterocycles. The van der Waals surface area contributed by atoms with Gasteiger partial charge in [0.15, 0.2) is 0 Å². The first-order chi connectivity index (χ1) is 7.20. The van der Waals surface area contributed by atoms with Crippen LogP contribution in [0.3, 0.4) is 0 Å². The van der Waals surface area contributed by atoms with Crippen molar-refractivity contribution >= 4 is 16.3 Å². The molecule has 2 rings (SSSR count). The number of benzene rings is 1. The molecule has 0 unspecified atom stereocenters. The van der Waals surface area contributed by atoms with E-state index in [2.05, 4.69) is 4.98 Å². The van der Waals surface area contributed by atoms with Crippen molar-refractivity contribution in [3.05, 3.63) is 29.3 Å². The van der Waals surface area contributed by atoms with Crippen LogP contribution in [-0.4, -0.2) is 12.1 Å². The number of thiazole rings is 1. The minimum atomic E-state index is 0.751. The Hall–Kier alpha value is -1.55. The average Bonchev–Trinajstić information content (AvgIpc) is 2.58. The molecule has 78 valence electrons. The molecule has 1 aromatic carbocycles. The average molecular weight is 220 g/mol. The monoisotopic (exact) mass is 220 g/mol. The quantitative estimate of drug-likeness (QED) is 0.846. The summed E-state index contributed by atoms with van der Waals surface area (Å²) in [6, 6.07) is 7.75. The van der Waals surface area contributed by atoms with Gasteiger partial charge in [0.2, 0.25) is 0 Å². The van der Waals surface area contributed by atoms with E-state index in [1.807, 2.05) is 31.2 Å². The molecule has 1 heterocycles. The molecule has 2 aromatic rings. The van der Waals surface area contributed by atoms with Gasteiger partial charge in [-0.05, 0) is 19.1 Å². The maximum Gasteiger partial charge on any atom is 0.119 e. The molecular formula is C11H12N2OS. The molecule has 0 spiro atoms. The van der Waals surface area contributed by atoms with E-state index >= 15 is 0 Å². The Balaban J connectivity index is 2.49. The summed E-state index contributed by atoms with van der Waals surface area (Å²) in [7, 11) is 1.65. The van der Waals surface area contributed by atoms with Gasteiger partial charge in [-0.1, -0.05) is 12.1 Å². The highest BCUT2D eigenvalue weighted by atomic mass is 32.1. The van der Waals surface area contributed by atoms with Gasteiger partial charge in [-0.25, -0.2) is 4.98 Å². The zero-order valence-corrected chi connectivity index (χ0v) is 9.47. The highest BCUT2D eigenvalue weighted by molar-refractivity contribution is 7.16. The van der Waals surface area contributed by atoms with Crippen LogP contribution < -0.4 is 10.5 Å². The summed E-state index contributed by atoms with van der Waals surface area (Å²) < 4.78 is 5.16. The SMILES string of the molecule is COc1cccc(-c2nc(C)sc2N)c1. The predicted molar refractivity (Wildman–Crippen MR) is 63.3 cm³/mol. The maximum absolute atomic E-state index is 5.88. The number of rotatable bonds is 2. The normalized spacial score (nSPS) is 10.3. The van der Waals surface area contributed by atoms with Crippen LogP contribution in [0.1, 0.15) is 5.01 Å². The highest BCUT2D eigenvalue weighted by Gasteiger charge is 2.08. The first-order valence-electron chi connectivity index (χ1n) is 4.58. The van der Waals surface area contributed by atoms with E-state index in [1.54, 1.807) is 7.11 Å². The van der Waals surface area contributed by atoms with Gasteiger partial charge in [-0.2, -0.15) is 0 Å². The van der Waals surface area contributed by atoms with Gasteiger partial charge in [-0.3, -0.25) is 0 Å². The Morgan fingerprint density at radius 1 is 1.40 bits per heavy atom. The molecule has 3 nitrogen and oxygen atoms in total. The number of hydrogen-bond acceptors (Lipinski definition) is 4. The van der Waals surface area contributed by atoms with E-state index in [4.69, 9.17) is 10.5 Å². The molecule has 0 saturated carbocycles. The molecule has 0 aliphatic carbocycles. The highest BCUT2D eigenvalue weighted by Crippen LogP contribution is 2.31. The van der Waals surface area contributed by atoms with Crippen LogP contribution in [-0.2, 0) is 0 Å². The van der Waals surface area contributed by atoms with Crippen molar-refractivity contribution in [2.75, 3.05) is 12.8 Å². The third-order valence-corrected chi connectivity index (χ3v) is 2.90. The van der Waals surface area contributed by atoms with Crippen LogP contribution in [0.25, 0.3) is 11.3 Å². The third kappa shape index (κ3) is 1.94. The number of hydrogen-bond donors (Lipinski definition) is 1. The number of ether oxygens (including phenoxy) is 1. The second kappa shape index (κ2) is 3.90. The molecular weight excluding hydrogens is 208 g/mol. The summed E-state index contributed by atoms with van der Waals surface area (Å²) in [6.45, 7) is 1.95. The van der Waals surface area contributed by atoms with Crippen molar-refractivity contribution in [2.24, 2.45) is 0 Å². The predicted octanol–water partition coefficient (Wildman–Crippen LogP) is 2.71. The fourth-order valence-corrected chi connectivity index (χ4v) is 2.14. The number of aryl methyl sites for hydroxylation is 1. The van der Waals surface area contributed by atoms with Gasteiger partial charge >= 0.3 is 0 Å².